The van der Waals surface area contributed by atoms with Gasteiger partial charge in [-0.2, -0.15) is 0 Å². The summed E-state index contributed by atoms with van der Waals surface area (Å²) in [5, 5.41) is 4.85. The molecule has 0 atom stereocenters. The summed E-state index contributed by atoms with van der Waals surface area (Å²) in [6.45, 7) is 1.95. The van der Waals surface area contributed by atoms with E-state index in [1.54, 1.807) is 0 Å². The van der Waals surface area contributed by atoms with Crippen LogP contribution in [0, 0.1) is 10.5 Å². The monoisotopic (exact) mass is 343 g/mol. The molecule has 1 N–H and O–H groups in total. The number of amides is 1. The second-order valence-electron chi connectivity index (χ2n) is 3.37. The van der Waals surface area contributed by atoms with E-state index >= 15 is 0 Å². The van der Waals surface area contributed by atoms with Crippen LogP contribution in [0.25, 0.3) is 0 Å². The zero-order valence-electron chi connectivity index (χ0n) is 8.66. The van der Waals surface area contributed by atoms with Crippen LogP contribution < -0.4 is 5.32 Å². The molecule has 0 aliphatic heterocycles. The third-order valence-corrected chi connectivity index (χ3v) is 4.15. The standard InChI is InChI=1S/C12H10INOS/c1-8-6-7-16-11(8)12(15)14-10-5-3-2-4-9(10)13/h2-7H,1H3,(H,14,15). The van der Waals surface area contributed by atoms with Crippen LogP contribution >= 0.6 is 33.9 Å². The minimum Gasteiger partial charge on any atom is -0.320 e. The van der Waals surface area contributed by atoms with Gasteiger partial charge in [-0.05, 0) is 58.7 Å². The molecule has 0 radical (unpaired) electrons. The molecule has 0 saturated carbocycles. The van der Waals surface area contributed by atoms with E-state index in [9.17, 15) is 4.79 Å². The van der Waals surface area contributed by atoms with Gasteiger partial charge in [0.1, 0.15) is 0 Å². The van der Waals surface area contributed by atoms with Crippen LogP contribution in [-0.4, -0.2) is 5.91 Å². The van der Waals surface area contributed by atoms with E-state index in [4.69, 9.17) is 0 Å². The lowest BCUT2D eigenvalue weighted by Gasteiger charge is -2.06. The van der Waals surface area contributed by atoms with Gasteiger partial charge in [0.05, 0.1) is 10.6 Å². The van der Waals surface area contributed by atoms with Gasteiger partial charge in [-0.1, -0.05) is 12.1 Å². The largest absolute Gasteiger partial charge is 0.320 e. The number of halogens is 1. The topological polar surface area (TPSA) is 29.1 Å². The molecule has 82 valence electrons. The van der Waals surface area contributed by atoms with Gasteiger partial charge in [0, 0.05) is 3.57 Å². The van der Waals surface area contributed by atoms with Crippen molar-refractivity contribution in [2.24, 2.45) is 0 Å². The van der Waals surface area contributed by atoms with Crippen LogP contribution in [0.3, 0.4) is 0 Å². The summed E-state index contributed by atoms with van der Waals surface area (Å²) < 4.78 is 1.04. The zero-order valence-corrected chi connectivity index (χ0v) is 11.6. The number of para-hydroxylation sites is 1. The molecule has 0 fully saturated rings. The Morgan fingerprint density at radius 1 is 1.31 bits per heavy atom. The Balaban J connectivity index is 2.21. The van der Waals surface area contributed by atoms with Crippen LogP contribution in [0.5, 0.6) is 0 Å². The van der Waals surface area contributed by atoms with Gasteiger partial charge in [0.15, 0.2) is 0 Å². The van der Waals surface area contributed by atoms with Crippen molar-refractivity contribution >= 4 is 45.5 Å². The van der Waals surface area contributed by atoms with Gasteiger partial charge in [-0.15, -0.1) is 11.3 Å². The van der Waals surface area contributed by atoms with E-state index in [0.717, 1.165) is 19.7 Å². The molecular formula is C12H10INOS. The number of thiophene rings is 1. The fraction of sp³-hybridized carbons (Fsp3) is 0.0833. The van der Waals surface area contributed by atoms with Gasteiger partial charge in [-0.25, -0.2) is 0 Å². The Hall–Kier alpha value is -0.880. The first-order valence-electron chi connectivity index (χ1n) is 4.78. The molecule has 1 aromatic carbocycles. The predicted molar refractivity (Wildman–Crippen MR) is 76.2 cm³/mol. The number of anilines is 1. The predicted octanol–water partition coefficient (Wildman–Crippen LogP) is 3.91. The maximum atomic E-state index is 11.9. The highest BCUT2D eigenvalue weighted by Gasteiger charge is 2.11. The Bertz CT molecular complexity index is 521. The highest BCUT2D eigenvalue weighted by Crippen LogP contribution is 2.21. The lowest BCUT2D eigenvalue weighted by molar-refractivity contribution is 0.103. The number of carbonyl (C=O) groups is 1. The molecule has 2 rings (SSSR count). The highest BCUT2D eigenvalue weighted by atomic mass is 127. The summed E-state index contributed by atoms with van der Waals surface area (Å²) in [6.07, 6.45) is 0. The normalized spacial score (nSPS) is 10.1. The van der Waals surface area contributed by atoms with Crippen molar-refractivity contribution in [1.29, 1.82) is 0 Å². The average molecular weight is 343 g/mol. The molecule has 4 heteroatoms. The second-order valence-corrected chi connectivity index (χ2v) is 5.45. The quantitative estimate of drug-likeness (QED) is 0.823. The molecule has 0 spiro atoms. The first-order valence-corrected chi connectivity index (χ1v) is 6.74. The minimum atomic E-state index is -0.0309. The number of rotatable bonds is 2. The fourth-order valence-electron chi connectivity index (χ4n) is 1.35. The number of aryl methyl sites for hydroxylation is 1. The van der Waals surface area contributed by atoms with Gasteiger partial charge >= 0.3 is 0 Å². The summed E-state index contributed by atoms with van der Waals surface area (Å²) in [4.78, 5) is 12.7. The van der Waals surface area contributed by atoms with Crippen LogP contribution in [0.2, 0.25) is 0 Å². The van der Waals surface area contributed by atoms with Crippen molar-refractivity contribution in [2.45, 2.75) is 6.92 Å². The summed E-state index contributed by atoms with van der Waals surface area (Å²) in [6, 6.07) is 9.70. The molecule has 1 heterocycles. The van der Waals surface area contributed by atoms with E-state index in [-0.39, 0.29) is 5.91 Å². The number of hydrogen-bond acceptors (Lipinski definition) is 2. The molecule has 1 aromatic heterocycles. The lowest BCUT2D eigenvalue weighted by atomic mass is 10.2. The summed E-state index contributed by atoms with van der Waals surface area (Å²) >= 11 is 3.68. The van der Waals surface area contributed by atoms with E-state index in [2.05, 4.69) is 27.9 Å². The van der Waals surface area contributed by atoms with Crippen molar-refractivity contribution in [1.82, 2.24) is 0 Å². The number of hydrogen-bond donors (Lipinski definition) is 1. The molecule has 1 amide bonds. The summed E-state index contributed by atoms with van der Waals surface area (Å²) in [5.74, 6) is -0.0309. The smallest absolute Gasteiger partial charge is 0.266 e. The molecular weight excluding hydrogens is 333 g/mol. The SMILES string of the molecule is Cc1ccsc1C(=O)Nc1ccccc1I. The van der Waals surface area contributed by atoms with Crippen molar-refractivity contribution in [3.63, 3.8) is 0 Å². The Kier molecular flexibility index (Phi) is 3.60. The fourth-order valence-corrected chi connectivity index (χ4v) is 2.69. The third-order valence-electron chi connectivity index (χ3n) is 2.19. The number of nitrogens with one attached hydrogen (secondary N) is 1. The average Bonchev–Trinajstić information content (AvgIpc) is 2.68. The lowest BCUT2D eigenvalue weighted by Crippen LogP contribution is -2.12. The van der Waals surface area contributed by atoms with E-state index in [1.807, 2.05) is 42.6 Å². The van der Waals surface area contributed by atoms with Gasteiger partial charge in [0.25, 0.3) is 5.91 Å². The van der Waals surface area contributed by atoms with Crippen molar-refractivity contribution < 1.29 is 4.79 Å². The molecule has 0 bridgehead atoms. The highest BCUT2D eigenvalue weighted by molar-refractivity contribution is 14.1. The first kappa shape index (κ1) is 11.6. The van der Waals surface area contributed by atoms with Gasteiger partial charge < -0.3 is 5.32 Å². The molecule has 0 saturated heterocycles. The van der Waals surface area contributed by atoms with E-state index in [0.29, 0.717) is 0 Å². The van der Waals surface area contributed by atoms with Crippen LogP contribution in [0.15, 0.2) is 35.7 Å². The first-order chi connectivity index (χ1) is 7.68. The Morgan fingerprint density at radius 3 is 2.69 bits per heavy atom. The molecule has 0 aliphatic rings. The van der Waals surface area contributed by atoms with E-state index in [1.165, 1.54) is 11.3 Å². The second kappa shape index (κ2) is 4.97. The molecule has 2 aromatic rings. The number of benzene rings is 1. The Morgan fingerprint density at radius 2 is 2.06 bits per heavy atom. The third kappa shape index (κ3) is 2.44. The van der Waals surface area contributed by atoms with Gasteiger partial charge in [-0.3, -0.25) is 4.79 Å². The van der Waals surface area contributed by atoms with Crippen LogP contribution in [0.4, 0.5) is 5.69 Å². The number of carbonyl (C=O) groups excluding carboxylic acids is 1. The van der Waals surface area contributed by atoms with E-state index < -0.39 is 0 Å². The van der Waals surface area contributed by atoms with Gasteiger partial charge in [0.2, 0.25) is 0 Å². The molecule has 2 nitrogen and oxygen atoms in total. The zero-order chi connectivity index (χ0) is 11.5. The van der Waals surface area contributed by atoms with Crippen LogP contribution in [0.1, 0.15) is 15.2 Å². The molecule has 0 aliphatic carbocycles. The molecule has 0 unspecified atom stereocenters. The summed E-state index contributed by atoms with van der Waals surface area (Å²) in [7, 11) is 0. The minimum absolute atomic E-state index is 0.0309. The van der Waals surface area contributed by atoms with Crippen LogP contribution in [-0.2, 0) is 0 Å². The maximum Gasteiger partial charge on any atom is 0.266 e. The van der Waals surface area contributed by atoms with Crippen molar-refractivity contribution in [2.75, 3.05) is 5.32 Å². The molecule has 16 heavy (non-hydrogen) atoms. The Labute approximate surface area is 112 Å². The van der Waals surface area contributed by atoms with Crippen molar-refractivity contribution in [3.05, 3.63) is 49.7 Å². The van der Waals surface area contributed by atoms with Crippen molar-refractivity contribution in [3.8, 4) is 0 Å². The summed E-state index contributed by atoms with van der Waals surface area (Å²) in [5.41, 5.74) is 1.88. The maximum absolute atomic E-state index is 11.9.